The van der Waals surface area contributed by atoms with Crippen LogP contribution in [0.5, 0.6) is 11.5 Å². The summed E-state index contributed by atoms with van der Waals surface area (Å²) in [6.45, 7) is 3.44. The Morgan fingerprint density at radius 2 is 1.50 bits per heavy atom. The summed E-state index contributed by atoms with van der Waals surface area (Å²) in [6, 6.07) is 9.24. The van der Waals surface area contributed by atoms with Gasteiger partial charge in [0.1, 0.15) is 11.5 Å². The fraction of sp³-hybridized carbons (Fsp3) is 0.176. The fourth-order valence-corrected chi connectivity index (χ4v) is 2.03. The molecule has 114 valence electrons. The van der Waals surface area contributed by atoms with E-state index in [2.05, 4.69) is 4.74 Å². The Balaban J connectivity index is 2.24. The number of hydrogen-bond donors (Lipinski definition) is 1. The first-order valence-electron chi connectivity index (χ1n) is 6.63. The van der Waals surface area contributed by atoms with E-state index in [1.807, 2.05) is 0 Å². The number of hydrogen-bond acceptors (Lipinski definition) is 5. The molecule has 5 heteroatoms. The molecule has 0 radical (unpaired) electrons. The van der Waals surface area contributed by atoms with Gasteiger partial charge in [-0.25, -0.2) is 9.59 Å². The summed E-state index contributed by atoms with van der Waals surface area (Å²) in [5.41, 5.74) is 1.75. The van der Waals surface area contributed by atoms with Gasteiger partial charge in [0.15, 0.2) is 0 Å². The minimum Gasteiger partial charge on any atom is -0.507 e. The number of aromatic hydroxyl groups is 1. The molecule has 0 heterocycles. The number of esters is 2. The maximum atomic E-state index is 12.1. The van der Waals surface area contributed by atoms with Gasteiger partial charge in [0.25, 0.3) is 0 Å². The third-order valence-electron chi connectivity index (χ3n) is 3.19. The topological polar surface area (TPSA) is 72.8 Å². The highest BCUT2D eigenvalue weighted by Crippen LogP contribution is 2.27. The average Bonchev–Trinajstić information content (AvgIpc) is 2.51. The van der Waals surface area contributed by atoms with Crippen LogP contribution < -0.4 is 4.74 Å². The summed E-state index contributed by atoms with van der Waals surface area (Å²) in [4.78, 5) is 23.6. The first-order valence-corrected chi connectivity index (χ1v) is 6.63. The smallest absolute Gasteiger partial charge is 0.343 e. The molecule has 0 atom stereocenters. The number of phenolic OH excluding ortho intramolecular Hbond substituents is 1. The van der Waals surface area contributed by atoms with E-state index in [9.17, 15) is 14.7 Å². The van der Waals surface area contributed by atoms with Crippen molar-refractivity contribution >= 4 is 11.9 Å². The van der Waals surface area contributed by atoms with Gasteiger partial charge in [-0.3, -0.25) is 0 Å². The van der Waals surface area contributed by atoms with Gasteiger partial charge in [-0.15, -0.1) is 0 Å². The third-order valence-corrected chi connectivity index (χ3v) is 3.19. The predicted molar refractivity (Wildman–Crippen MR) is 80.3 cm³/mol. The van der Waals surface area contributed by atoms with E-state index in [1.54, 1.807) is 44.2 Å². The quantitative estimate of drug-likeness (QED) is 0.697. The van der Waals surface area contributed by atoms with E-state index in [1.165, 1.54) is 13.2 Å². The van der Waals surface area contributed by atoms with Crippen LogP contribution in [0.25, 0.3) is 0 Å². The highest BCUT2D eigenvalue weighted by Gasteiger charge is 2.13. The van der Waals surface area contributed by atoms with Crippen LogP contribution in [0.4, 0.5) is 0 Å². The van der Waals surface area contributed by atoms with Gasteiger partial charge in [0.05, 0.1) is 18.2 Å². The third kappa shape index (κ3) is 3.25. The van der Waals surface area contributed by atoms with E-state index < -0.39 is 11.9 Å². The molecule has 0 aliphatic rings. The molecule has 2 aromatic rings. The van der Waals surface area contributed by atoms with E-state index in [-0.39, 0.29) is 16.9 Å². The van der Waals surface area contributed by atoms with Crippen molar-refractivity contribution in [3.63, 3.8) is 0 Å². The maximum absolute atomic E-state index is 12.1. The zero-order chi connectivity index (χ0) is 16.3. The van der Waals surface area contributed by atoms with E-state index in [0.717, 1.165) is 0 Å². The number of aryl methyl sites for hydroxylation is 2. The normalized spacial score (nSPS) is 10.1. The van der Waals surface area contributed by atoms with Crippen LogP contribution in [0.15, 0.2) is 36.4 Å². The number of methoxy groups -OCH3 is 1. The zero-order valence-electron chi connectivity index (χ0n) is 12.5. The van der Waals surface area contributed by atoms with Gasteiger partial charge in [-0.2, -0.15) is 0 Å². The molecular formula is C17H16O5. The Bertz CT molecular complexity index is 711. The lowest BCUT2D eigenvalue weighted by molar-refractivity contribution is 0.0600. The molecule has 0 saturated carbocycles. The summed E-state index contributed by atoms with van der Waals surface area (Å²) in [5.74, 6) is -0.602. The summed E-state index contributed by atoms with van der Waals surface area (Å²) in [7, 11) is 1.27. The number of carbonyl (C=O) groups is 2. The van der Waals surface area contributed by atoms with Crippen LogP contribution in [0, 0.1) is 13.8 Å². The first-order chi connectivity index (χ1) is 10.4. The van der Waals surface area contributed by atoms with E-state index in [0.29, 0.717) is 16.9 Å². The molecule has 1 N–H and O–H groups in total. The highest BCUT2D eigenvalue weighted by atomic mass is 16.5. The van der Waals surface area contributed by atoms with Crippen molar-refractivity contribution in [1.82, 2.24) is 0 Å². The summed E-state index contributed by atoms with van der Waals surface area (Å²) in [6.07, 6.45) is 0. The van der Waals surface area contributed by atoms with E-state index in [4.69, 9.17) is 4.74 Å². The van der Waals surface area contributed by atoms with Crippen LogP contribution in [0.1, 0.15) is 31.8 Å². The second-order valence-corrected chi connectivity index (χ2v) is 4.87. The lowest BCUT2D eigenvalue weighted by Crippen LogP contribution is -2.10. The monoisotopic (exact) mass is 300 g/mol. The van der Waals surface area contributed by atoms with Gasteiger partial charge in [-0.05, 0) is 55.3 Å². The standard InChI is InChI=1S/C17H16O5/c1-10-7-14(8-11(2)15(10)18)22-17(20)13-6-4-5-12(9-13)16(19)21-3/h4-9,18H,1-3H3. The van der Waals surface area contributed by atoms with Crippen LogP contribution in [-0.4, -0.2) is 24.2 Å². The lowest BCUT2D eigenvalue weighted by atomic mass is 10.1. The fourth-order valence-electron chi connectivity index (χ4n) is 2.03. The van der Waals surface area contributed by atoms with Gasteiger partial charge in [0, 0.05) is 0 Å². The Morgan fingerprint density at radius 3 is 2.05 bits per heavy atom. The summed E-state index contributed by atoms with van der Waals surface area (Å²) >= 11 is 0. The average molecular weight is 300 g/mol. The van der Waals surface area contributed by atoms with Crippen molar-refractivity contribution in [3.05, 3.63) is 58.7 Å². The number of phenols is 1. The number of benzene rings is 2. The number of carbonyl (C=O) groups excluding carboxylic acids is 2. The molecule has 0 unspecified atom stereocenters. The van der Waals surface area contributed by atoms with Crippen molar-refractivity contribution in [2.45, 2.75) is 13.8 Å². The second kappa shape index (κ2) is 6.30. The molecule has 0 aliphatic carbocycles. The molecule has 0 bridgehead atoms. The first kappa shape index (κ1) is 15.6. The van der Waals surface area contributed by atoms with Gasteiger partial charge in [-0.1, -0.05) is 6.07 Å². The van der Waals surface area contributed by atoms with E-state index >= 15 is 0 Å². The number of ether oxygens (including phenoxy) is 2. The number of rotatable bonds is 3. The molecule has 0 saturated heterocycles. The largest absolute Gasteiger partial charge is 0.507 e. The van der Waals surface area contributed by atoms with Crippen LogP contribution in [0.2, 0.25) is 0 Å². The Kier molecular flexibility index (Phi) is 4.46. The van der Waals surface area contributed by atoms with Crippen LogP contribution in [0.3, 0.4) is 0 Å². The van der Waals surface area contributed by atoms with Crippen molar-refractivity contribution in [3.8, 4) is 11.5 Å². The lowest BCUT2D eigenvalue weighted by Gasteiger charge is -2.09. The molecule has 5 nitrogen and oxygen atoms in total. The SMILES string of the molecule is COC(=O)c1cccc(C(=O)Oc2cc(C)c(O)c(C)c2)c1. The molecule has 2 aromatic carbocycles. The molecule has 0 fully saturated rings. The minimum absolute atomic E-state index is 0.174. The molecule has 0 aromatic heterocycles. The molecule has 2 rings (SSSR count). The molecule has 22 heavy (non-hydrogen) atoms. The molecular weight excluding hydrogens is 284 g/mol. The van der Waals surface area contributed by atoms with Crippen molar-refractivity contribution in [1.29, 1.82) is 0 Å². The second-order valence-electron chi connectivity index (χ2n) is 4.87. The zero-order valence-corrected chi connectivity index (χ0v) is 12.5. The van der Waals surface area contributed by atoms with Gasteiger partial charge >= 0.3 is 11.9 Å². The van der Waals surface area contributed by atoms with Crippen LogP contribution >= 0.6 is 0 Å². The van der Waals surface area contributed by atoms with Crippen molar-refractivity contribution < 1.29 is 24.2 Å². The Labute approximate surface area is 128 Å². The minimum atomic E-state index is -0.588. The highest BCUT2D eigenvalue weighted by molar-refractivity contribution is 5.96. The summed E-state index contributed by atoms with van der Waals surface area (Å²) in [5, 5.41) is 9.71. The molecule has 0 amide bonds. The molecule has 0 aliphatic heterocycles. The predicted octanol–water partition coefficient (Wildman–Crippen LogP) is 3.01. The van der Waals surface area contributed by atoms with Gasteiger partial charge in [0.2, 0.25) is 0 Å². The van der Waals surface area contributed by atoms with Crippen LogP contribution in [-0.2, 0) is 4.74 Å². The van der Waals surface area contributed by atoms with Gasteiger partial charge < -0.3 is 14.6 Å². The Hall–Kier alpha value is -2.82. The van der Waals surface area contributed by atoms with Crippen molar-refractivity contribution in [2.75, 3.05) is 7.11 Å². The summed E-state index contributed by atoms with van der Waals surface area (Å²) < 4.78 is 9.90. The Morgan fingerprint density at radius 1 is 0.955 bits per heavy atom. The maximum Gasteiger partial charge on any atom is 0.343 e. The molecule has 0 spiro atoms. The van der Waals surface area contributed by atoms with Crippen molar-refractivity contribution in [2.24, 2.45) is 0 Å².